The van der Waals surface area contributed by atoms with Crippen LogP contribution < -0.4 is 11.5 Å². The molecule has 0 radical (unpaired) electrons. The molecule has 1 atom stereocenters. The summed E-state index contributed by atoms with van der Waals surface area (Å²) in [6.45, 7) is 0.946. The van der Waals surface area contributed by atoms with E-state index in [-0.39, 0.29) is 0 Å². The summed E-state index contributed by atoms with van der Waals surface area (Å²) in [5.41, 5.74) is 9.30. The molecule has 76 valence electrons. The number of carbonyl (C=O) groups is 1. The maximum Gasteiger partial charge on any atom is 0.330 e. The number of alkyl halides is 1. The lowest BCUT2D eigenvalue weighted by Gasteiger charge is -2.17. The molecule has 13 heavy (non-hydrogen) atoms. The summed E-state index contributed by atoms with van der Waals surface area (Å²) >= 11 is 0. The molecule has 0 aliphatic heterocycles. The predicted molar refractivity (Wildman–Crippen MR) is 48.0 cm³/mol. The van der Waals surface area contributed by atoms with Crippen molar-refractivity contribution in [3.05, 3.63) is 11.6 Å². The van der Waals surface area contributed by atoms with Crippen LogP contribution >= 0.6 is 0 Å². The molecule has 0 aromatic carbocycles. The van der Waals surface area contributed by atoms with Crippen molar-refractivity contribution in [2.75, 3.05) is 13.2 Å². The molecule has 0 amide bonds. The van der Waals surface area contributed by atoms with Crippen LogP contribution in [0.15, 0.2) is 11.6 Å². The summed E-state index contributed by atoms with van der Waals surface area (Å²) in [6, 6.07) is 0. The van der Waals surface area contributed by atoms with Crippen LogP contribution in [0.25, 0.3) is 0 Å². The molecular formula is C8H15FN2O2. The van der Waals surface area contributed by atoms with Gasteiger partial charge in [-0.2, -0.15) is 0 Å². The Kier molecular flexibility index (Phi) is 4.58. The van der Waals surface area contributed by atoms with Crippen LogP contribution in [0.2, 0.25) is 0 Å². The fraction of sp³-hybridized carbons (Fsp3) is 0.625. The van der Waals surface area contributed by atoms with Gasteiger partial charge in [0, 0.05) is 0 Å². The summed E-state index contributed by atoms with van der Waals surface area (Å²) in [5.74, 6) is -1.37. The third kappa shape index (κ3) is 3.52. The average Bonchev–Trinajstić information content (AvgIpc) is 2.04. The van der Waals surface area contributed by atoms with Crippen molar-refractivity contribution in [3.8, 4) is 0 Å². The molecule has 4 nitrogen and oxygen atoms in total. The number of carboxylic acids is 1. The van der Waals surface area contributed by atoms with Crippen LogP contribution in [0.3, 0.4) is 0 Å². The normalized spacial score (nSPS) is 16.8. The van der Waals surface area contributed by atoms with Gasteiger partial charge in [-0.25, -0.2) is 9.18 Å². The molecule has 0 aliphatic carbocycles. The zero-order valence-corrected chi connectivity index (χ0v) is 7.59. The molecule has 0 rings (SSSR count). The molecule has 5 heteroatoms. The van der Waals surface area contributed by atoms with E-state index >= 15 is 0 Å². The third-order valence-electron chi connectivity index (χ3n) is 1.66. The van der Waals surface area contributed by atoms with Gasteiger partial charge in [-0.15, -0.1) is 0 Å². The molecule has 0 fully saturated rings. The van der Waals surface area contributed by atoms with E-state index in [0.29, 0.717) is 18.5 Å². The smallest absolute Gasteiger partial charge is 0.330 e. The first-order chi connectivity index (χ1) is 5.96. The SMILES string of the molecule is C/C(=C\C(N)(CF)C(=O)O)CCN. The first-order valence-electron chi connectivity index (χ1n) is 3.93. The van der Waals surface area contributed by atoms with Crippen molar-refractivity contribution in [2.24, 2.45) is 11.5 Å². The highest BCUT2D eigenvalue weighted by atomic mass is 19.1. The van der Waals surface area contributed by atoms with Crippen LogP contribution in [0, 0.1) is 0 Å². The number of aliphatic carboxylic acids is 1. The van der Waals surface area contributed by atoms with Crippen molar-refractivity contribution in [2.45, 2.75) is 18.9 Å². The summed E-state index contributed by atoms with van der Waals surface area (Å²) in [4.78, 5) is 10.6. The Morgan fingerprint density at radius 2 is 2.23 bits per heavy atom. The number of hydrogen-bond acceptors (Lipinski definition) is 3. The summed E-state index contributed by atoms with van der Waals surface area (Å²) in [7, 11) is 0. The second-order valence-electron chi connectivity index (χ2n) is 3.01. The van der Waals surface area contributed by atoms with Gasteiger partial charge >= 0.3 is 5.97 Å². The lowest BCUT2D eigenvalue weighted by molar-refractivity contribution is -0.141. The van der Waals surface area contributed by atoms with Gasteiger partial charge in [-0.1, -0.05) is 11.6 Å². The van der Waals surface area contributed by atoms with Gasteiger partial charge in [0.25, 0.3) is 0 Å². The van der Waals surface area contributed by atoms with Crippen molar-refractivity contribution in [3.63, 3.8) is 0 Å². The Morgan fingerprint density at radius 3 is 2.54 bits per heavy atom. The second kappa shape index (κ2) is 4.94. The zero-order chi connectivity index (χ0) is 10.5. The largest absolute Gasteiger partial charge is 0.480 e. The van der Waals surface area contributed by atoms with Gasteiger partial charge in [-0.3, -0.25) is 0 Å². The van der Waals surface area contributed by atoms with E-state index in [9.17, 15) is 9.18 Å². The van der Waals surface area contributed by atoms with E-state index in [4.69, 9.17) is 16.6 Å². The van der Waals surface area contributed by atoms with Gasteiger partial charge in [0.05, 0.1) is 0 Å². The van der Waals surface area contributed by atoms with E-state index in [2.05, 4.69) is 0 Å². The van der Waals surface area contributed by atoms with Gasteiger partial charge in [-0.05, 0) is 19.9 Å². The summed E-state index contributed by atoms with van der Waals surface area (Å²) in [5, 5.41) is 8.61. The van der Waals surface area contributed by atoms with Crippen LogP contribution in [-0.2, 0) is 4.79 Å². The van der Waals surface area contributed by atoms with E-state index in [0.717, 1.165) is 0 Å². The Bertz CT molecular complexity index is 218. The summed E-state index contributed by atoms with van der Waals surface area (Å²) < 4.78 is 12.3. The fourth-order valence-electron chi connectivity index (χ4n) is 0.897. The first kappa shape index (κ1) is 12.1. The van der Waals surface area contributed by atoms with Gasteiger partial charge < -0.3 is 16.6 Å². The average molecular weight is 190 g/mol. The van der Waals surface area contributed by atoms with Crippen LogP contribution in [0.4, 0.5) is 4.39 Å². The zero-order valence-electron chi connectivity index (χ0n) is 7.59. The molecule has 0 saturated carbocycles. The molecule has 0 heterocycles. The van der Waals surface area contributed by atoms with Crippen LogP contribution in [0.5, 0.6) is 0 Å². The van der Waals surface area contributed by atoms with Gasteiger partial charge in [0.1, 0.15) is 6.67 Å². The molecular weight excluding hydrogens is 175 g/mol. The van der Waals surface area contributed by atoms with Crippen molar-refractivity contribution in [1.29, 1.82) is 0 Å². The topological polar surface area (TPSA) is 89.3 Å². The van der Waals surface area contributed by atoms with Gasteiger partial charge in [0.15, 0.2) is 5.54 Å². The molecule has 1 unspecified atom stereocenters. The second-order valence-corrected chi connectivity index (χ2v) is 3.01. The lowest BCUT2D eigenvalue weighted by Crippen LogP contribution is -2.48. The maximum atomic E-state index is 12.3. The van der Waals surface area contributed by atoms with Crippen LogP contribution in [-0.4, -0.2) is 29.8 Å². The van der Waals surface area contributed by atoms with Crippen molar-refractivity contribution < 1.29 is 14.3 Å². The van der Waals surface area contributed by atoms with Crippen molar-refractivity contribution >= 4 is 5.97 Å². The third-order valence-corrected chi connectivity index (χ3v) is 1.66. The Morgan fingerprint density at radius 1 is 1.69 bits per heavy atom. The molecule has 0 aromatic heterocycles. The summed E-state index contributed by atoms with van der Waals surface area (Å²) in [6.07, 6.45) is 1.73. The van der Waals surface area contributed by atoms with E-state index in [1.807, 2.05) is 0 Å². The maximum absolute atomic E-state index is 12.3. The highest BCUT2D eigenvalue weighted by Crippen LogP contribution is 2.10. The van der Waals surface area contributed by atoms with E-state index in [1.54, 1.807) is 6.92 Å². The lowest BCUT2D eigenvalue weighted by atomic mass is 9.99. The van der Waals surface area contributed by atoms with E-state index < -0.39 is 18.2 Å². The minimum atomic E-state index is -1.90. The standard InChI is InChI=1S/C8H15FN2O2/c1-6(2-3-10)4-8(11,5-9)7(12)13/h4H,2-3,5,10-11H2,1H3,(H,12,13)/b6-4+. The quantitative estimate of drug-likeness (QED) is 0.534. The molecule has 5 N–H and O–H groups in total. The monoisotopic (exact) mass is 190 g/mol. The van der Waals surface area contributed by atoms with E-state index in [1.165, 1.54) is 6.08 Å². The Balaban J connectivity index is 4.59. The number of hydrogen-bond donors (Lipinski definition) is 3. The number of nitrogens with two attached hydrogens (primary N) is 2. The molecule has 0 saturated heterocycles. The van der Waals surface area contributed by atoms with Gasteiger partial charge in [0.2, 0.25) is 0 Å². The predicted octanol–water partition coefficient (Wildman–Crippen LogP) is 0.0331. The highest BCUT2D eigenvalue weighted by Gasteiger charge is 2.31. The minimum absolute atomic E-state index is 0.393. The van der Waals surface area contributed by atoms with Crippen molar-refractivity contribution in [1.82, 2.24) is 0 Å². The molecule has 0 aliphatic rings. The first-order valence-corrected chi connectivity index (χ1v) is 3.93. The number of carboxylic acid groups (broad SMARTS) is 1. The molecule has 0 spiro atoms. The Labute approximate surface area is 76.4 Å². The number of rotatable bonds is 5. The minimum Gasteiger partial charge on any atom is -0.480 e. The van der Waals surface area contributed by atoms with Crippen LogP contribution in [0.1, 0.15) is 13.3 Å². The highest BCUT2D eigenvalue weighted by molar-refractivity contribution is 5.81. The molecule has 0 bridgehead atoms. The Hall–Kier alpha value is -0.940. The number of halogens is 1. The fourth-order valence-corrected chi connectivity index (χ4v) is 0.897. The molecule has 0 aromatic rings.